The molecule has 124 valence electrons. The molecule has 0 aliphatic carbocycles. The summed E-state index contributed by atoms with van der Waals surface area (Å²) >= 11 is 0. The molecule has 2 aromatic rings. The summed E-state index contributed by atoms with van der Waals surface area (Å²) in [6.45, 7) is 0. The van der Waals surface area contributed by atoms with Crippen LogP contribution in [0.1, 0.15) is 27.0 Å². The van der Waals surface area contributed by atoms with Crippen LogP contribution < -0.4 is 0 Å². The van der Waals surface area contributed by atoms with Gasteiger partial charge in [0.05, 0.1) is 0 Å². The molecule has 3 heteroatoms. The van der Waals surface area contributed by atoms with Gasteiger partial charge in [-0.3, -0.25) is 4.79 Å². The molecule has 2 aromatic carbocycles. The molecule has 0 aromatic heterocycles. The monoisotopic (exact) mass is 320 g/mol. The summed E-state index contributed by atoms with van der Waals surface area (Å²) in [5, 5.41) is 0. The Morgan fingerprint density at radius 3 is 1.29 bits per heavy atom. The predicted octanol–water partition coefficient (Wildman–Crippen LogP) is 3.98. The maximum atomic E-state index is 12.5. The van der Waals surface area contributed by atoms with Crippen molar-refractivity contribution in [1.29, 1.82) is 0 Å². The first kappa shape index (κ1) is 17.5. The third-order valence-corrected chi connectivity index (χ3v) is 3.48. The van der Waals surface area contributed by atoms with Crippen LogP contribution >= 0.6 is 0 Å². The molecule has 0 radical (unpaired) electrons. The first-order chi connectivity index (χ1) is 11.5. The molecule has 0 amide bonds. The molecule has 3 nitrogen and oxygen atoms in total. The lowest BCUT2D eigenvalue weighted by molar-refractivity contribution is 0.103. The second-order valence-electron chi connectivity index (χ2n) is 6.13. The van der Waals surface area contributed by atoms with Gasteiger partial charge in [0, 0.05) is 39.3 Å². The van der Waals surface area contributed by atoms with Crippen LogP contribution in [0.5, 0.6) is 0 Å². The Hall–Kier alpha value is -2.81. The fourth-order valence-electron chi connectivity index (χ4n) is 2.13. The molecule has 24 heavy (non-hydrogen) atoms. The van der Waals surface area contributed by atoms with Gasteiger partial charge < -0.3 is 9.80 Å². The van der Waals surface area contributed by atoms with Crippen molar-refractivity contribution in [3.05, 3.63) is 83.2 Å². The van der Waals surface area contributed by atoms with Gasteiger partial charge in [-0.15, -0.1) is 0 Å². The van der Waals surface area contributed by atoms with Crippen molar-refractivity contribution in [2.75, 3.05) is 28.2 Å². The number of carbonyl (C=O) groups is 1. The zero-order valence-corrected chi connectivity index (χ0v) is 14.7. The summed E-state index contributed by atoms with van der Waals surface area (Å²) in [4.78, 5) is 16.5. The van der Waals surface area contributed by atoms with E-state index in [9.17, 15) is 4.79 Å². The van der Waals surface area contributed by atoms with Gasteiger partial charge in [-0.2, -0.15) is 0 Å². The van der Waals surface area contributed by atoms with E-state index in [-0.39, 0.29) is 5.78 Å². The Morgan fingerprint density at radius 2 is 1.00 bits per heavy atom. The quantitative estimate of drug-likeness (QED) is 0.752. The van der Waals surface area contributed by atoms with E-state index in [1.165, 1.54) is 0 Å². The minimum Gasteiger partial charge on any atom is -0.383 e. The van der Waals surface area contributed by atoms with E-state index in [0.717, 1.165) is 11.1 Å². The highest BCUT2D eigenvalue weighted by Gasteiger charge is 2.08. The van der Waals surface area contributed by atoms with Crippen molar-refractivity contribution >= 4 is 17.9 Å². The fourth-order valence-corrected chi connectivity index (χ4v) is 2.13. The number of hydrogen-bond donors (Lipinski definition) is 0. The number of benzene rings is 2. The third kappa shape index (κ3) is 5.13. The maximum absolute atomic E-state index is 12.5. The molecule has 0 N–H and O–H groups in total. The first-order valence-electron chi connectivity index (χ1n) is 7.90. The lowest BCUT2D eigenvalue weighted by Gasteiger charge is -2.05. The van der Waals surface area contributed by atoms with E-state index >= 15 is 0 Å². The van der Waals surface area contributed by atoms with Crippen LogP contribution in [0.4, 0.5) is 0 Å². The van der Waals surface area contributed by atoms with Crippen LogP contribution in [-0.4, -0.2) is 43.8 Å². The normalized spacial score (nSPS) is 11.2. The Bertz CT molecular complexity index is 660. The molecule has 0 fully saturated rings. The van der Waals surface area contributed by atoms with Crippen molar-refractivity contribution in [2.45, 2.75) is 0 Å². The standard InChI is InChI=1S/C21H24N2O/c1-22(2)15-13-17-5-9-19(10-6-17)21(24)20-11-7-18(8-12-20)14-16-23(3)4/h5-16H,1-4H3. The van der Waals surface area contributed by atoms with E-state index in [4.69, 9.17) is 0 Å². The molecule has 0 aliphatic rings. The van der Waals surface area contributed by atoms with Crippen LogP contribution in [0.2, 0.25) is 0 Å². The Kier molecular flexibility index (Phi) is 5.96. The predicted molar refractivity (Wildman–Crippen MR) is 102 cm³/mol. The summed E-state index contributed by atoms with van der Waals surface area (Å²) < 4.78 is 0. The molecule has 0 saturated heterocycles. The van der Waals surface area contributed by atoms with Crippen molar-refractivity contribution in [3.8, 4) is 0 Å². The van der Waals surface area contributed by atoms with Gasteiger partial charge in [-0.25, -0.2) is 0 Å². The maximum Gasteiger partial charge on any atom is 0.193 e. The van der Waals surface area contributed by atoms with Crippen LogP contribution in [-0.2, 0) is 0 Å². The number of rotatable bonds is 6. The summed E-state index contributed by atoms with van der Waals surface area (Å²) in [6.07, 6.45) is 7.99. The van der Waals surface area contributed by atoms with Crippen molar-refractivity contribution in [1.82, 2.24) is 9.80 Å². The number of ketones is 1. The molecule has 0 atom stereocenters. The van der Waals surface area contributed by atoms with E-state index < -0.39 is 0 Å². The summed E-state index contributed by atoms with van der Waals surface area (Å²) in [6, 6.07) is 15.3. The zero-order chi connectivity index (χ0) is 17.5. The molecule has 0 spiro atoms. The lowest BCUT2D eigenvalue weighted by atomic mass is 10.0. The van der Waals surface area contributed by atoms with E-state index in [1.54, 1.807) is 0 Å². The largest absolute Gasteiger partial charge is 0.383 e. The number of nitrogens with zero attached hydrogens (tertiary/aromatic N) is 2. The molecule has 0 aliphatic heterocycles. The van der Waals surface area contributed by atoms with Gasteiger partial charge in [-0.05, 0) is 35.7 Å². The summed E-state index contributed by atoms with van der Waals surface area (Å²) in [5.74, 6) is 0.0429. The summed E-state index contributed by atoms with van der Waals surface area (Å²) in [7, 11) is 7.91. The Balaban J connectivity index is 2.11. The molecular weight excluding hydrogens is 296 g/mol. The van der Waals surface area contributed by atoms with Crippen LogP contribution in [0.15, 0.2) is 60.9 Å². The van der Waals surface area contributed by atoms with Gasteiger partial charge >= 0.3 is 0 Å². The smallest absolute Gasteiger partial charge is 0.193 e. The SMILES string of the molecule is CN(C)C=Cc1ccc(C(=O)c2ccc(C=CN(C)C)cc2)cc1. The lowest BCUT2D eigenvalue weighted by Crippen LogP contribution is -2.02. The average Bonchev–Trinajstić information content (AvgIpc) is 2.58. The van der Waals surface area contributed by atoms with Gasteiger partial charge in [0.2, 0.25) is 0 Å². The number of hydrogen-bond acceptors (Lipinski definition) is 3. The van der Waals surface area contributed by atoms with Crippen molar-refractivity contribution < 1.29 is 4.79 Å². The van der Waals surface area contributed by atoms with Gasteiger partial charge in [-0.1, -0.05) is 48.5 Å². The highest BCUT2D eigenvalue weighted by molar-refractivity contribution is 6.09. The van der Waals surface area contributed by atoms with E-state index in [0.29, 0.717) is 11.1 Å². The van der Waals surface area contributed by atoms with Gasteiger partial charge in [0.25, 0.3) is 0 Å². The fraction of sp³-hybridized carbons (Fsp3) is 0.190. The molecule has 2 rings (SSSR count). The minimum absolute atomic E-state index is 0.0429. The average molecular weight is 320 g/mol. The molecule has 0 saturated carbocycles. The van der Waals surface area contributed by atoms with E-state index in [2.05, 4.69) is 0 Å². The zero-order valence-electron chi connectivity index (χ0n) is 14.7. The first-order valence-corrected chi connectivity index (χ1v) is 7.90. The molecule has 0 bridgehead atoms. The van der Waals surface area contributed by atoms with Crippen LogP contribution in [0, 0.1) is 0 Å². The van der Waals surface area contributed by atoms with Gasteiger partial charge in [0.15, 0.2) is 5.78 Å². The second kappa shape index (κ2) is 8.16. The Labute approximate surface area is 144 Å². The second-order valence-corrected chi connectivity index (χ2v) is 6.13. The van der Waals surface area contributed by atoms with Gasteiger partial charge in [0.1, 0.15) is 0 Å². The molecule has 0 unspecified atom stereocenters. The number of carbonyl (C=O) groups excluding carboxylic acids is 1. The van der Waals surface area contributed by atoms with Crippen LogP contribution in [0.3, 0.4) is 0 Å². The minimum atomic E-state index is 0.0429. The molecular formula is C21H24N2O. The van der Waals surface area contributed by atoms with Crippen molar-refractivity contribution in [2.24, 2.45) is 0 Å². The van der Waals surface area contributed by atoms with E-state index in [1.807, 2.05) is 111 Å². The van der Waals surface area contributed by atoms with Crippen LogP contribution in [0.25, 0.3) is 12.2 Å². The molecule has 0 heterocycles. The topological polar surface area (TPSA) is 23.6 Å². The van der Waals surface area contributed by atoms with Crippen molar-refractivity contribution in [3.63, 3.8) is 0 Å². The summed E-state index contributed by atoms with van der Waals surface area (Å²) in [5.41, 5.74) is 3.55. The highest BCUT2D eigenvalue weighted by atomic mass is 16.1. The third-order valence-electron chi connectivity index (χ3n) is 3.48. The highest BCUT2D eigenvalue weighted by Crippen LogP contribution is 2.14. The Morgan fingerprint density at radius 1 is 0.667 bits per heavy atom.